The molecule has 0 spiro atoms. The maximum atomic E-state index is 11.5. The van der Waals surface area contributed by atoms with Crippen molar-refractivity contribution >= 4 is 23.4 Å². The van der Waals surface area contributed by atoms with Crippen molar-refractivity contribution in [3.05, 3.63) is 16.1 Å². The number of alkyl carbamates (subject to hydrolysis) is 1. The van der Waals surface area contributed by atoms with Gasteiger partial charge in [0.05, 0.1) is 12.2 Å². The average molecular weight is 272 g/mol. The van der Waals surface area contributed by atoms with Crippen molar-refractivity contribution in [1.29, 1.82) is 0 Å². The van der Waals surface area contributed by atoms with Crippen molar-refractivity contribution in [2.45, 2.75) is 39.3 Å². The highest BCUT2D eigenvalue weighted by atomic mass is 32.1. The fourth-order valence-corrected chi connectivity index (χ4v) is 1.89. The summed E-state index contributed by atoms with van der Waals surface area (Å²) in [6.45, 7) is 7.02. The fourth-order valence-electron chi connectivity index (χ4n) is 1.13. The monoisotopic (exact) mass is 272 g/mol. The van der Waals surface area contributed by atoms with Crippen LogP contribution >= 0.6 is 11.3 Å². The molecule has 0 aliphatic rings. The van der Waals surface area contributed by atoms with E-state index in [4.69, 9.17) is 9.84 Å². The molecule has 0 saturated carbocycles. The highest BCUT2D eigenvalue weighted by Gasteiger charge is 2.20. The number of aromatic nitrogens is 1. The zero-order chi connectivity index (χ0) is 13.9. The van der Waals surface area contributed by atoms with Gasteiger partial charge in [0.15, 0.2) is 0 Å². The van der Waals surface area contributed by atoms with Gasteiger partial charge in [-0.05, 0) is 27.7 Å². The third-order valence-corrected chi connectivity index (χ3v) is 3.01. The predicted molar refractivity (Wildman–Crippen MR) is 66.9 cm³/mol. The molecule has 1 heterocycles. The van der Waals surface area contributed by atoms with E-state index < -0.39 is 23.7 Å². The van der Waals surface area contributed by atoms with Crippen molar-refractivity contribution in [3.63, 3.8) is 0 Å². The second kappa shape index (κ2) is 5.34. The van der Waals surface area contributed by atoms with Gasteiger partial charge in [-0.3, -0.25) is 0 Å². The molecule has 0 aliphatic heterocycles. The first-order valence-corrected chi connectivity index (χ1v) is 6.19. The van der Waals surface area contributed by atoms with Crippen LogP contribution in [0.4, 0.5) is 4.79 Å². The summed E-state index contributed by atoms with van der Waals surface area (Å²) < 4.78 is 5.09. The lowest BCUT2D eigenvalue weighted by atomic mass is 10.2. The van der Waals surface area contributed by atoms with Gasteiger partial charge in [-0.25, -0.2) is 14.6 Å². The third-order valence-electron chi connectivity index (χ3n) is 1.84. The first-order valence-electron chi connectivity index (χ1n) is 5.37. The first-order chi connectivity index (χ1) is 8.19. The van der Waals surface area contributed by atoms with Gasteiger partial charge in [-0.15, -0.1) is 11.3 Å². The number of carboxylic acid groups (broad SMARTS) is 1. The second-order valence-electron chi connectivity index (χ2n) is 4.74. The van der Waals surface area contributed by atoms with Gasteiger partial charge in [0.2, 0.25) is 0 Å². The molecular formula is C11H16N2O4S. The summed E-state index contributed by atoms with van der Waals surface area (Å²) in [7, 11) is 0. The zero-order valence-electron chi connectivity index (χ0n) is 10.7. The Hall–Kier alpha value is -1.63. The van der Waals surface area contributed by atoms with Crippen molar-refractivity contribution in [2.75, 3.05) is 0 Å². The number of carbonyl (C=O) groups excluding carboxylic acids is 1. The lowest BCUT2D eigenvalue weighted by Crippen LogP contribution is -2.33. The molecule has 0 radical (unpaired) electrons. The molecule has 0 fully saturated rings. The van der Waals surface area contributed by atoms with Gasteiger partial charge >= 0.3 is 12.1 Å². The Bertz CT molecular complexity index is 450. The molecule has 0 aliphatic carbocycles. The first kappa shape index (κ1) is 14.4. The summed E-state index contributed by atoms with van der Waals surface area (Å²) in [5.74, 6) is -1.02. The van der Waals surface area contributed by atoms with Crippen LogP contribution in [-0.2, 0) is 4.74 Å². The van der Waals surface area contributed by atoms with E-state index in [-0.39, 0.29) is 4.88 Å². The molecule has 6 nitrogen and oxygen atoms in total. The summed E-state index contributed by atoms with van der Waals surface area (Å²) in [5, 5.41) is 11.9. The van der Waals surface area contributed by atoms with Crippen molar-refractivity contribution in [3.8, 4) is 0 Å². The van der Waals surface area contributed by atoms with E-state index in [1.54, 1.807) is 27.7 Å². The molecule has 0 bridgehead atoms. The zero-order valence-corrected chi connectivity index (χ0v) is 11.5. The number of rotatable bonds is 3. The largest absolute Gasteiger partial charge is 0.477 e. The summed E-state index contributed by atoms with van der Waals surface area (Å²) in [6, 6.07) is -0.391. The Kier molecular flexibility index (Phi) is 4.28. The van der Waals surface area contributed by atoms with Crippen LogP contribution in [0.15, 0.2) is 6.20 Å². The van der Waals surface area contributed by atoms with Crippen LogP contribution < -0.4 is 5.32 Å². The SMILES string of the molecule is C[C@@H](NC(=O)OC(C)(C)C)c1ncc(C(=O)O)s1. The Morgan fingerprint density at radius 3 is 2.56 bits per heavy atom. The van der Waals surface area contributed by atoms with Gasteiger partial charge in [0.25, 0.3) is 0 Å². The van der Waals surface area contributed by atoms with E-state index in [0.717, 1.165) is 11.3 Å². The minimum absolute atomic E-state index is 0.142. The molecule has 0 saturated heterocycles. The number of nitrogens with zero attached hydrogens (tertiary/aromatic N) is 1. The number of hydrogen-bond donors (Lipinski definition) is 2. The molecule has 0 aromatic carbocycles. The molecule has 2 N–H and O–H groups in total. The van der Waals surface area contributed by atoms with Crippen LogP contribution in [0.3, 0.4) is 0 Å². The van der Waals surface area contributed by atoms with Crippen LogP contribution in [-0.4, -0.2) is 27.8 Å². The van der Waals surface area contributed by atoms with Gasteiger partial charge in [0, 0.05) is 0 Å². The van der Waals surface area contributed by atoms with E-state index in [1.807, 2.05) is 0 Å². The standard InChI is InChI=1S/C11H16N2O4S/c1-6(13-10(16)17-11(2,3)4)8-12-5-7(18-8)9(14)15/h5-6H,1-4H3,(H,13,16)(H,14,15)/t6-/m1/s1. The Morgan fingerprint density at radius 1 is 1.50 bits per heavy atom. The molecular weight excluding hydrogens is 256 g/mol. The smallest absolute Gasteiger partial charge is 0.408 e. The van der Waals surface area contributed by atoms with E-state index >= 15 is 0 Å². The van der Waals surface area contributed by atoms with Gasteiger partial charge in [-0.2, -0.15) is 0 Å². The molecule has 7 heteroatoms. The van der Waals surface area contributed by atoms with Gasteiger partial charge in [0.1, 0.15) is 15.5 Å². The number of carboxylic acids is 1. The topological polar surface area (TPSA) is 88.5 Å². The van der Waals surface area contributed by atoms with Crippen LogP contribution in [0.5, 0.6) is 0 Å². The minimum Gasteiger partial charge on any atom is -0.477 e. The van der Waals surface area contributed by atoms with Gasteiger partial charge in [-0.1, -0.05) is 0 Å². The van der Waals surface area contributed by atoms with Crippen LogP contribution in [0.1, 0.15) is 48.4 Å². The lowest BCUT2D eigenvalue weighted by Gasteiger charge is -2.21. The highest BCUT2D eigenvalue weighted by molar-refractivity contribution is 7.13. The summed E-state index contributed by atoms with van der Waals surface area (Å²) in [6.07, 6.45) is 0.720. The maximum Gasteiger partial charge on any atom is 0.408 e. The number of hydrogen-bond acceptors (Lipinski definition) is 5. The molecule has 18 heavy (non-hydrogen) atoms. The highest BCUT2D eigenvalue weighted by Crippen LogP contribution is 2.20. The minimum atomic E-state index is -1.02. The Labute approximate surface area is 109 Å². The molecule has 100 valence electrons. The molecule has 1 aromatic rings. The van der Waals surface area contributed by atoms with Crippen molar-refractivity contribution < 1.29 is 19.4 Å². The summed E-state index contributed by atoms with van der Waals surface area (Å²) >= 11 is 1.03. The van der Waals surface area contributed by atoms with E-state index in [0.29, 0.717) is 5.01 Å². The third kappa shape index (κ3) is 4.33. The molecule has 1 rings (SSSR count). The molecule has 1 amide bonds. The number of carbonyl (C=O) groups is 2. The number of aromatic carboxylic acids is 1. The number of nitrogens with one attached hydrogen (secondary N) is 1. The van der Waals surface area contributed by atoms with Crippen LogP contribution in [0.2, 0.25) is 0 Å². The molecule has 1 aromatic heterocycles. The normalized spacial score (nSPS) is 12.9. The Balaban J connectivity index is 2.62. The molecule has 0 unspecified atom stereocenters. The van der Waals surface area contributed by atoms with Crippen molar-refractivity contribution in [1.82, 2.24) is 10.3 Å². The van der Waals surface area contributed by atoms with Crippen LogP contribution in [0, 0.1) is 0 Å². The van der Waals surface area contributed by atoms with E-state index in [9.17, 15) is 9.59 Å². The summed E-state index contributed by atoms with van der Waals surface area (Å²) in [4.78, 5) is 26.3. The maximum absolute atomic E-state index is 11.5. The quantitative estimate of drug-likeness (QED) is 0.882. The summed E-state index contributed by atoms with van der Waals surface area (Å²) in [5.41, 5.74) is -0.571. The van der Waals surface area contributed by atoms with E-state index in [1.165, 1.54) is 6.20 Å². The van der Waals surface area contributed by atoms with Crippen molar-refractivity contribution in [2.24, 2.45) is 0 Å². The number of thiazole rings is 1. The second-order valence-corrected chi connectivity index (χ2v) is 5.80. The number of ether oxygens (including phenoxy) is 1. The fraction of sp³-hybridized carbons (Fsp3) is 0.545. The number of amides is 1. The lowest BCUT2D eigenvalue weighted by molar-refractivity contribution is 0.0507. The van der Waals surface area contributed by atoms with Crippen LogP contribution in [0.25, 0.3) is 0 Å². The molecule has 1 atom stereocenters. The Morgan fingerprint density at radius 2 is 2.11 bits per heavy atom. The predicted octanol–water partition coefficient (Wildman–Crippen LogP) is 2.43. The van der Waals surface area contributed by atoms with Gasteiger partial charge < -0.3 is 15.2 Å². The van der Waals surface area contributed by atoms with E-state index in [2.05, 4.69) is 10.3 Å². The average Bonchev–Trinajstić information content (AvgIpc) is 2.62.